The van der Waals surface area contributed by atoms with Crippen molar-refractivity contribution in [2.24, 2.45) is 5.11 Å². The molecule has 1 aliphatic heterocycles. The number of carbonyl (C=O) groups is 2. The molecule has 0 aromatic carbocycles. The second kappa shape index (κ2) is 6.47. The summed E-state index contributed by atoms with van der Waals surface area (Å²) in [7, 11) is 1.29. The third kappa shape index (κ3) is 4.62. The van der Waals surface area contributed by atoms with E-state index in [2.05, 4.69) is 14.8 Å². The minimum absolute atomic E-state index is 0.0627. The van der Waals surface area contributed by atoms with E-state index in [4.69, 9.17) is 10.3 Å². The molecule has 0 N–H and O–H groups in total. The van der Waals surface area contributed by atoms with Crippen LogP contribution in [0.5, 0.6) is 0 Å². The third-order valence-corrected chi connectivity index (χ3v) is 2.87. The smallest absolute Gasteiger partial charge is 0.410 e. The van der Waals surface area contributed by atoms with Gasteiger partial charge >= 0.3 is 12.1 Å². The Kier molecular flexibility index (Phi) is 5.21. The molecule has 0 aromatic rings. The lowest BCUT2D eigenvalue weighted by molar-refractivity contribution is -0.141. The van der Waals surface area contributed by atoms with Crippen LogP contribution in [-0.4, -0.2) is 48.3 Å². The topological polar surface area (TPSA) is 105 Å². The summed E-state index contributed by atoms with van der Waals surface area (Å²) in [6, 6.07) is -0.713. The molecule has 1 rings (SSSR count). The number of ether oxygens (including phenoxy) is 2. The lowest BCUT2D eigenvalue weighted by Gasteiger charge is -2.28. The highest BCUT2D eigenvalue weighted by atomic mass is 16.6. The monoisotopic (exact) mass is 284 g/mol. The summed E-state index contributed by atoms with van der Waals surface area (Å²) >= 11 is 0. The van der Waals surface area contributed by atoms with E-state index in [9.17, 15) is 9.59 Å². The fourth-order valence-electron chi connectivity index (χ4n) is 2.06. The largest absolute Gasteiger partial charge is 0.469 e. The van der Waals surface area contributed by atoms with Crippen LogP contribution in [0.2, 0.25) is 0 Å². The van der Waals surface area contributed by atoms with Crippen molar-refractivity contribution >= 4 is 12.1 Å². The Bertz CT molecular complexity index is 426. The minimum atomic E-state index is -0.622. The number of carbonyl (C=O) groups excluding carboxylic acids is 2. The Hall–Kier alpha value is -1.95. The molecule has 0 radical (unpaired) electrons. The van der Waals surface area contributed by atoms with Crippen LogP contribution in [0.15, 0.2) is 5.11 Å². The molecule has 0 aromatic heterocycles. The molecule has 20 heavy (non-hydrogen) atoms. The molecule has 112 valence electrons. The Labute approximate surface area is 117 Å². The van der Waals surface area contributed by atoms with Gasteiger partial charge in [0.1, 0.15) is 5.60 Å². The number of likely N-dealkylation sites (tertiary alicyclic amines) is 1. The molecule has 0 unspecified atom stereocenters. The summed E-state index contributed by atoms with van der Waals surface area (Å²) in [6.07, 6.45) is -0.0203. The third-order valence-electron chi connectivity index (χ3n) is 2.87. The molecule has 0 spiro atoms. The van der Waals surface area contributed by atoms with E-state index in [1.165, 1.54) is 12.0 Å². The zero-order valence-corrected chi connectivity index (χ0v) is 12.2. The zero-order chi connectivity index (χ0) is 15.3. The molecule has 1 saturated heterocycles. The summed E-state index contributed by atoms with van der Waals surface area (Å²) in [5, 5.41) is 3.62. The normalized spacial score (nSPS) is 22.1. The van der Waals surface area contributed by atoms with Crippen LogP contribution in [0.1, 0.15) is 33.6 Å². The molecule has 8 heteroatoms. The maximum Gasteiger partial charge on any atom is 0.410 e. The molecule has 8 nitrogen and oxygen atoms in total. The van der Waals surface area contributed by atoms with Crippen molar-refractivity contribution in [3.63, 3.8) is 0 Å². The summed E-state index contributed by atoms with van der Waals surface area (Å²) in [6.45, 7) is 5.55. The molecule has 0 bridgehead atoms. The molecule has 1 amide bonds. The maximum atomic E-state index is 12.1. The molecule has 1 fully saturated rings. The Morgan fingerprint density at radius 1 is 1.45 bits per heavy atom. The number of methoxy groups -OCH3 is 1. The van der Waals surface area contributed by atoms with Gasteiger partial charge in [-0.15, -0.1) is 0 Å². The second-order valence-electron chi connectivity index (χ2n) is 5.66. The van der Waals surface area contributed by atoms with Crippen LogP contribution in [0.4, 0.5) is 4.79 Å². The van der Waals surface area contributed by atoms with Crippen molar-refractivity contribution in [1.29, 1.82) is 0 Å². The number of esters is 1. The molecule has 0 saturated carbocycles. The van der Waals surface area contributed by atoms with Gasteiger partial charge in [-0.05, 0) is 32.7 Å². The lowest BCUT2D eigenvalue weighted by atomic mass is 10.1. The highest BCUT2D eigenvalue weighted by Crippen LogP contribution is 2.25. The first-order valence-electron chi connectivity index (χ1n) is 6.37. The minimum Gasteiger partial charge on any atom is -0.469 e. The van der Waals surface area contributed by atoms with Crippen molar-refractivity contribution < 1.29 is 19.1 Å². The molecule has 1 heterocycles. The maximum absolute atomic E-state index is 12.1. The first kappa shape index (κ1) is 16.1. The number of amides is 1. The Morgan fingerprint density at radius 2 is 2.10 bits per heavy atom. The fraction of sp³-hybridized carbons (Fsp3) is 0.833. The van der Waals surface area contributed by atoms with Gasteiger partial charge in [0.2, 0.25) is 0 Å². The van der Waals surface area contributed by atoms with E-state index >= 15 is 0 Å². The second-order valence-corrected chi connectivity index (χ2v) is 5.66. The van der Waals surface area contributed by atoms with Gasteiger partial charge in [-0.25, -0.2) is 4.79 Å². The molecule has 0 aliphatic carbocycles. The van der Waals surface area contributed by atoms with E-state index in [1.54, 1.807) is 20.8 Å². The number of rotatable bonds is 3. The molecular formula is C12H20N4O4. The van der Waals surface area contributed by atoms with Crippen molar-refractivity contribution in [3.05, 3.63) is 10.4 Å². The zero-order valence-electron chi connectivity index (χ0n) is 12.2. The standard InChI is InChI=1S/C12H20N4O4/c1-12(2,3)20-11(18)16-7-8(14-15-13)5-9(16)6-10(17)19-4/h8-9H,5-7H2,1-4H3/t8-,9-/m0/s1. The van der Waals surface area contributed by atoms with Gasteiger partial charge in [-0.1, -0.05) is 5.11 Å². The van der Waals surface area contributed by atoms with Gasteiger partial charge in [0.05, 0.1) is 19.6 Å². The predicted octanol–water partition coefficient (Wildman–Crippen LogP) is 2.24. The lowest BCUT2D eigenvalue weighted by Crippen LogP contribution is -2.41. The number of hydrogen-bond acceptors (Lipinski definition) is 5. The van der Waals surface area contributed by atoms with Crippen LogP contribution >= 0.6 is 0 Å². The Balaban J connectivity index is 2.79. The van der Waals surface area contributed by atoms with Crippen molar-refractivity contribution in [1.82, 2.24) is 4.90 Å². The van der Waals surface area contributed by atoms with Crippen molar-refractivity contribution in [2.75, 3.05) is 13.7 Å². The van der Waals surface area contributed by atoms with Crippen molar-refractivity contribution in [3.8, 4) is 0 Å². The quantitative estimate of drug-likeness (QED) is 0.343. The fourth-order valence-corrected chi connectivity index (χ4v) is 2.06. The van der Waals surface area contributed by atoms with Crippen LogP contribution in [0, 0.1) is 0 Å². The average Bonchev–Trinajstić information content (AvgIpc) is 2.70. The van der Waals surface area contributed by atoms with Gasteiger partial charge in [0.25, 0.3) is 0 Å². The van der Waals surface area contributed by atoms with Gasteiger partial charge in [-0.3, -0.25) is 4.79 Å². The van der Waals surface area contributed by atoms with E-state index in [-0.39, 0.29) is 25.0 Å². The Morgan fingerprint density at radius 3 is 2.60 bits per heavy atom. The van der Waals surface area contributed by atoms with Crippen LogP contribution in [0.3, 0.4) is 0 Å². The van der Waals surface area contributed by atoms with Crippen LogP contribution in [-0.2, 0) is 14.3 Å². The number of nitrogens with zero attached hydrogens (tertiary/aromatic N) is 4. The highest BCUT2D eigenvalue weighted by molar-refractivity contribution is 5.73. The highest BCUT2D eigenvalue weighted by Gasteiger charge is 2.38. The molecular weight excluding hydrogens is 264 g/mol. The number of azide groups is 1. The first-order valence-corrected chi connectivity index (χ1v) is 6.37. The SMILES string of the molecule is COC(=O)C[C@@H]1C[C@H](N=[N+]=[N-])CN1C(=O)OC(C)(C)C. The molecule has 2 atom stereocenters. The van der Waals surface area contributed by atoms with Crippen LogP contribution in [0.25, 0.3) is 10.4 Å². The van der Waals surface area contributed by atoms with E-state index in [1.807, 2.05) is 0 Å². The van der Waals surface area contributed by atoms with E-state index in [0.717, 1.165) is 0 Å². The summed E-state index contributed by atoms with van der Waals surface area (Å²) < 4.78 is 9.91. The van der Waals surface area contributed by atoms with Gasteiger partial charge < -0.3 is 14.4 Å². The van der Waals surface area contributed by atoms with Crippen LogP contribution < -0.4 is 0 Å². The van der Waals surface area contributed by atoms with E-state index in [0.29, 0.717) is 6.42 Å². The van der Waals surface area contributed by atoms with Gasteiger partial charge in [-0.2, -0.15) is 0 Å². The predicted molar refractivity (Wildman–Crippen MR) is 70.9 cm³/mol. The number of hydrogen-bond donors (Lipinski definition) is 0. The van der Waals surface area contributed by atoms with E-state index < -0.39 is 17.7 Å². The first-order chi connectivity index (χ1) is 9.26. The van der Waals surface area contributed by atoms with Gasteiger partial charge in [0.15, 0.2) is 0 Å². The summed E-state index contributed by atoms with van der Waals surface area (Å²) in [5.74, 6) is -0.412. The average molecular weight is 284 g/mol. The summed E-state index contributed by atoms with van der Waals surface area (Å²) in [5.41, 5.74) is 7.86. The van der Waals surface area contributed by atoms with Crippen molar-refractivity contribution in [2.45, 2.75) is 51.3 Å². The van der Waals surface area contributed by atoms with Gasteiger partial charge in [0, 0.05) is 17.5 Å². The molecule has 1 aliphatic rings. The summed E-state index contributed by atoms with van der Waals surface area (Å²) in [4.78, 5) is 27.7.